The number of rotatable bonds is 5. The minimum atomic E-state index is -0.695. The van der Waals surface area contributed by atoms with E-state index in [1.165, 1.54) is 18.1 Å². The lowest BCUT2D eigenvalue weighted by Crippen LogP contribution is -2.60. The van der Waals surface area contributed by atoms with E-state index in [4.69, 9.17) is 9.47 Å². The Morgan fingerprint density at radius 1 is 1.14 bits per heavy atom. The molecule has 42 heavy (non-hydrogen) atoms. The summed E-state index contributed by atoms with van der Waals surface area (Å²) < 4.78 is 12.8. The summed E-state index contributed by atoms with van der Waals surface area (Å²) in [5.74, 6) is 0.190. The first-order chi connectivity index (χ1) is 19.8. The maximum atomic E-state index is 13.2. The number of carbonyl (C=O) groups is 2. The molecule has 11 atom stereocenters. The molecular formula is C35H48N2O5. The lowest BCUT2D eigenvalue weighted by Gasteiger charge is -2.53. The number of fused-ring (bicyclic) bond motifs is 3. The second-order valence-electron chi connectivity index (χ2n) is 14.8. The van der Waals surface area contributed by atoms with E-state index in [1.807, 2.05) is 30.3 Å². The molecule has 0 aromatic heterocycles. The molecule has 7 nitrogen and oxygen atoms in total. The SMILES string of the molecule is CC(=O)O[C@@H]1C[C@@]2(C)[C@@H]3C[C@@H]4OC[C@@]5(C)C4C(=CC3=CC[C@]2(C)[C@H]1[C@H](C)N(C)C)C[C@@H](O)[C@@H]5NC(=O)c1ccccc1. The molecule has 1 aromatic rings. The van der Waals surface area contributed by atoms with Gasteiger partial charge in [0, 0.05) is 35.8 Å². The standard InChI is InChI=1S/C35H48N2O5/c1-20(37(6)7)29-28(42-21(2)38)18-35(5)25-17-27-30-24(15-23(25)13-14-34(29,35)4)16-26(39)31(33(30,3)19-41-27)36-32(40)22-11-9-8-10-12-22/h8-13,15,20,25-31,39H,14,16-19H2,1-7H3,(H,36,40)/t20-,25+,26+,27-,28+,29-,30?,31-,33-,34+,35-/m0/s1. The predicted octanol–water partition coefficient (Wildman–Crippen LogP) is 4.76. The highest BCUT2D eigenvalue weighted by molar-refractivity contribution is 5.94. The molecule has 5 aliphatic rings. The van der Waals surface area contributed by atoms with Gasteiger partial charge in [-0.25, -0.2) is 0 Å². The van der Waals surface area contributed by atoms with Crippen LogP contribution >= 0.6 is 0 Å². The van der Waals surface area contributed by atoms with Crippen molar-refractivity contribution in [2.45, 2.75) is 90.7 Å². The summed E-state index contributed by atoms with van der Waals surface area (Å²) in [5.41, 5.74) is 2.59. The van der Waals surface area contributed by atoms with Gasteiger partial charge in [-0.15, -0.1) is 0 Å². The third-order valence-electron chi connectivity index (χ3n) is 12.4. The average Bonchev–Trinajstić information content (AvgIpc) is 3.31. The van der Waals surface area contributed by atoms with Crippen molar-refractivity contribution >= 4 is 11.9 Å². The van der Waals surface area contributed by atoms with Crippen molar-refractivity contribution in [1.82, 2.24) is 10.2 Å². The Hall–Kier alpha value is -2.48. The van der Waals surface area contributed by atoms with Crippen molar-refractivity contribution in [3.63, 3.8) is 0 Å². The molecule has 1 saturated heterocycles. The van der Waals surface area contributed by atoms with E-state index in [0.29, 0.717) is 18.6 Å². The molecule has 1 unspecified atom stereocenters. The van der Waals surface area contributed by atoms with Gasteiger partial charge in [-0.05, 0) is 81.2 Å². The molecular weight excluding hydrogens is 528 g/mol. The van der Waals surface area contributed by atoms with Crippen LogP contribution in [0.5, 0.6) is 0 Å². The number of hydrogen-bond donors (Lipinski definition) is 2. The number of hydrogen-bond acceptors (Lipinski definition) is 6. The third-order valence-corrected chi connectivity index (χ3v) is 12.4. The van der Waals surface area contributed by atoms with Crippen molar-refractivity contribution in [3.8, 4) is 0 Å². The fourth-order valence-corrected chi connectivity index (χ4v) is 10.0. The van der Waals surface area contributed by atoms with Crippen LogP contribution in [0.2, 0.25) is 0 Å². The molecule has 2 saturated carbocycles. The monoisotopic (exact) mass is 576 g/mol. The predicted molar refractivity (Wildman–Crippen MR) is 162 cm³/mol. The lowest BCUT2D eigenvalue weighted by molar-refractivity contribution is -0.150. The van der Waals surface area contributed by atoms with E-state index in [-0.39, 0.29) is 58.7 Å². The highest BCUT2D eigenvalue weighted by atomic mass is 16.5. The van der Waals surface area contributed by atoms with Gasteiger partial charge in [-0.3, -0.25) is 9.59 Å². The van der Waals surface area contributed by atoms with Gasteiger partial charge in [0.15, 0.2) is 0 Å². The molecule has 0 spiro atoms. The van der Waals surface area contributed by atoms with Crippen LogP contribution in [-0.2, 0) is 14.3 Å². The van der Waals surface area contributed by atoms with Gasteiger partial charge in [-0.2, -0.15) is 0 Å². The number of nitrogens with zero attached hydrogens (tertiary/aromatic N) is 1. The van der Waals surface area contributed by atoms with Gasteiger partial charge >= 0.3 is 5.97 Å². The normalized spacial score (nSPS) is 42.8. The highest BCUT2D eigenvalue weighted by Crippen LogP contribution is 2.69. The Bertz CT molecular complexity index is 1310. The fraction of sp³-hybridized carbons (Fsp3) is 0.657. The zero-order valence-electron chi connectivity index (χ0n) is 26.2. The van der Waals surface area contributed by atoms with Crippen LogP contribution in [0.15, 0.2) is 53.6 Å². The molecule has 0 bridgehead atoms. The molecule has 2 N–H and O–H groups in total. The van der Waals surface area contributed by atoms with Crippen LogP contribution in [0.3, 0.4) is 0 Å². The number of nitrogens with one attached hydrogen (secondary N) is 1. The molecule has 3 fully saturated rings. The van der Waals surface area contributed by atoms with Gasteiger partial charge in [0.05, 0.1) is 24.9 Å². The van der Waals surface area contributed by atoms with E-state index in [1.54, 1.807) is 0 Å². The van der Waals surface area contributed by atoms with Crippen molar-refractivity contribution in [2.75, 3.05) is 20.7 Å². The first kappa shape index (κ1) is 29.6. The number of esters is 1. The molecule has 228 valence electrons. The number of carbonyl (C=O) groups excluding carboxylic acids is 2. The first-order valence-corrected chi connectivity index (χ1v) is 15.7. The number of ether oxygens (including phenoxy) is 2. The van der Waals surface area contributed by atoms with Gasteiger partial charge in [-0.1, -0.05) is 56.7 Å². The van der Waals surface area contributed by atoms with E-state index >= 15 is 0 Å². The number of benzene rings is 1. The van der Waals surface area contributed by atoms with E-state index < -0.39 is 17.6 Å². The molecule has 1 aromatic carbocycles. The van der Waals surface area contributed by atoms with E-state index in [2.05, 4.69) is 64.2 Å². The van der Waals surface area contributed by atoms with Crippen molar-refractivity contribution in [1.29, 1.82) is 0 Å². The summed E-state index contributed by atoms with van der Waals surface area (Å²) in [5, 5.41) is 14.7. The smallest absolute Gasteiger partial charge is 0.302 e. The first-order valence-electron chi connectivity index (χ1n) is 15.7. The van der Waals surface area contributed by atoms with Crippen molar-refractivity contribution < 1.29 is 24.2 Å². The molecule has 1 heterocycles. The quantitative estimate of drug-likeness (QED) is 0.492. The molecule has 1 amide bonds. The van der Waals surface area contributed by atoms with Crippen molar-refractivity contribution in [3.05, 3.63) is 59.2 Å². The Labute approximate surface area is 250 Å². The second kappa shape index (κ2) is 10.3. The molecule has 0 radical (unpaired) electrons. The van der Waals surface area contributed by atoms with E-state index in [0.717, 1.165) is 19.3 Å². The molecule has 4 aliphatic carbocycles. The molecule has 6 rings (SSSR count). The maximum Gasteiger partial charge on any atom is 0.302 e. The second-order valence-corrected chi connectivity index (χ2v) is 14.8. The number of amides is 1. The number of aliphatic hydroxyl groups is 1. The van der Waals surface area contributed by atoms with Crippen LogP contribution in [0.1, 0.15) is 70.7 Å². The summed E-state index contributed by atoms with van der Waals surface area (Å²) in [6.07, 6.45) is 7.10. The molecule has 7 heteroatoms. The largest absolute Gasteiger partial charge is 0.462 e. The van der Waals surface area contributed by atoms with Crippen LogP contribution < -0.4 is 5.32 Å². The van der Waals surface area contributed by atoms with Gasteiger partial charge in [0.25, 0.3) is 5.91 Å². The minimum absolute atomic E-state index is 0.00236. The van der Waals surface area contributed by atoms with E-state index in [9.17, 15) is 14.7 Å². The Morgan fingerprint density at radius 2 is 1.86 bits per heavy atom. The van der Waals surface area contributed by atoms with Gasteiger partial charge in [0.1, 0.15) is 6.10 Å². The Morgan fingerprint density at radius 3 is 2.52 bits per heavy atom. The van der Waals surface area contributed by atoms with Crippen LogP contribution in [0.25, 0.3) is 0 Å². The third kappa shape index (κ3) is 4.33. The molecule has 1 aliphatic heterocycles. The van der Waals surface area contributed by atoms with Gasteiger partial charge < -0.3 is 24.8 Å². The maximum absolute atomic E-state index is 13.2. The summed E-state index contributed by atoms with van der Waals surface area (Å²) in [7, 11) is 4.23. The topological polar surface area (TPSA) is 88.1 Å². The number of aliphatic hydroxyl groups excluding tert-OH is 1. The van der Waals surface area contributed by atoms with Crippen LogP contribution in [-0.4, -0.2) is 73.0 Å². The van der Waals surface area contributed by atoms with Crippen molar-refractivity contribution in [2.24, 2.45) is 34.0 Å². The summed E-state index contributed by atoms with van der Waals surface area (Å²) in [4.78, 5) is 27.8. The average molecular weight is 577 g/mol. The zero-order valence-corrected chi connectivity index (χ0v) is 26.2. The summed E-state index contributed by atoms with van der Waals surface area (Å²) in [6.45, 7) is 11.3. The van der Waals surface area contributed by atoms with Crippen LogP contribution in [0, 0.1) is 34.0 Å². The fourth-order valence-electron chi connectivity index (χ4n) is 10.0. The summed E-state index contributed by atoms with van der Waals surface area (Å²) in [6, 6.07) is 9.07. The number of allylic oxidation sites excluding steroid dienone is 3. The Balaban J connectivity index is 1.34. The Kier molecular flexibility index (Phi) is 7.26. The lowest BCUT2D eigenvalue weighted by atomic mass is 9.51. The van der Waals surface area contributed by atoms with Gasteiger partial charge in [0.2, 0.25) is 0 Å². The highest BCUT2D eigenvalue weighted by Gasteiger charge is 2.67. The van der Waals surface area contributed by atoms with Crippen LogP contribution in [0.4, 0.5) is 0 Å². The minimum Gasteiger partial charge on any atom is -0.462 e. The zero-order chi connectivity index (χ0) is 30.2. The summed E-state index contributed by atoms with van der Waals surface area (Å²) >= 11 is 0.